The average Bonchev–Trinajstić information content (AvgIpc) is 2.20. The largest absolute Gasteiger partial charge is 0.481 e. The molecule has 2 N–H and O–H groups in total. The zero-order valence-electron chi connectivity index (χ0n) is 8.58. The van der Waals surface area contributed by atoms with Gasteiger partial charge in [0.25, 0.3) is 0 Å². The Morgan fingerprint density at radius 1 is 1.40 bits per heavy atom. The molecule has 0 amide bonds. The second kappa shape index (κ2) is 5.71. The number of benzene rings is 1. The van der Waals surface area contributed by atoms with Crippen LogP contribution < -0.4 is 5.32 Å². The fourth-order valence-electron chi connectivity index (χ4n) is 1.11. The van der Waals surface area contributed by atoms with Crippen molar-refractivity contribution < 1.29 is 9.90 Å². The zero-order chi connectivity index (χ0) is 11.1. The highest BCUT2D eigenvalue weighted by atomic mass is 16.4. The minimum Gasteiger partial charge on any atom is -0.481 e. The third-order valence-corrected chi connectivity index (χ3v) is 1.88. The van der Waals surface area contributed by atoms with Crippen LogP contribution in [0.5, 0.6) is 0 Å². The fourth-order valence-corrected chi connectivity index (χ4v) is 1.11. The number of aliphatic carboxylic acids is 1. The molecule has 1 aromatic carbocycles. The van der Waals surface area contributed by atoms with E-state index >= 15 is 0 Å². The number of hydrogen-bond donors (Lipinski definition) is 2. The SMILES string of the molecule is Cc1ccccc1NCC#CCC(=O)O. The number of carbonyl (C=O) groups is 1. The molecule has 0 radical (unpaired) electrons. The molecule has 78 valence electrons. The molecule has 0 saturated heterocycles. The normalized spacial score (nSPS) is 8.87. The lowest BCUT2D eigenvalue weighted by molar-refractivity contribution is -0.135. The van der Waals surface area contributed by atoms with Crippen molar-refractivity contribution in [1.29, 1.82) is 0 Å². The molecule has 0 aliphatic carbocycles. The van der Waals surface area contributed by atoms with Crippen LogP contribution in [-0.4, -0.2) is 17.6 Å². The maximum absolute atomic E-state index is 10.2. The van der Waals surface area contributed by atoms with E-state index < -0.39 is 5.97 Å². The van der Waals surface area contributed by atoms with Gasteiger partial charge in [-0.2, -0.15) is 0 Å². The van der Waals surface area contributed by atoms with E-state index in [4.69, 9.17) is 5.11 Å². The molecule has 1 rings (SSSR count). The number of carboxylic acids is 1. The Morgan fingerprint density at radius 3 is 2.80 bits per heavy atom. The van der Waals surface area contributed by atoms with Gasteiger partial charge in [0, 0.05) is 5.69 Å². The molecule has 0 aliphatic heterocycles. The van der Waals surface area contributed by atoms with Gasteiger partial charge in [0.15, 0.2) is 0 Å². The minimum absolute atomic E-state index is 0.102. The van der Waals surface area contributed by atoms with Gasteiger partial charge in [0.2, 0.25) is 0 Å². The second-order valence-corrected chi connectivity index (χ2v) is 3.09. The Bertz CT molecular complexity index is 402. The predicted octanol–water partition coefficient (Wildman–Crippen LogP) is 1.89. The maximum Gasteiger partial charge on any atom is 0.315 e. The summed E-state index contributed by atoms with van der Waals surface area (Å²) in [5.41, 5.74) is 2.18. The maximum atomic E-state index is 10.2. The van der Waals surface area contributed by atoms with Gasteiger partial charge in [-0.3, -0.25) is 4.79 Å². The summed E-state index contributed by atoms with van der Waals surface area (Å²) in [6, 6.07) is 7.89. The van der Waals surface area contributed by atoms with E-state index in [-0.39, 0.29) is 6.42 Å². The van der Waals surface area contributed by atoms with Crippen LogP contribution in [0.4, 0.5) is 5.69 Å². The number of carboxylic acid groups (broad SMARTS) is 1. The van der Waals surface area contributed by atoms with Gasteiger partial charge in [-0.1, -0.05) is 30.0 Å². The molecule has 0 fully saturated rings. The quantitative estimate of drug-likeness (QED) is 0.737. The van der Waals surface area contributed by atoms with Gasteiger partial charge < -0.3 is 10.4 Å². The smallest absolute Gasteiger partial charge is 0.315 e. The molecule has 0 unspecified atom stereocenters. The number of para-hydroxylation sites is 1. The molecular formula is C12H13NO2. The predicted molar refractivity (Wildman–Crippen MR) is 59.7 cm³/mol. The van der Waals surface area contributed by atoms with Crippen LogP contribution in [-0.2, 0) is 4.79 Å². The van der Waals surface area contributed by atoms with Crippen LogP contribution >= 0.6 is 0 Å². The highest BCUT2D eigenvalue weighted by Gasteiger charge is 1.92. The molecule has 0 atom stereocenters. The van der Waals surface area contributed by atoms with E-state index in [2.05, 4.69) is 17.2 Å². The van der Waals surface area contributed by atoms with Gasteiger partial charge in [0.05, 0.1) is 6.54 Å². The molecule has 0 saturated carbocycles. The number of rotatable bonds is 3. The summed E-state index contributed by atoms with van der Waals surface area (Å²) >= 11 is 0. The number of anilines is 1. The first-order valence-electron chi connectivity index (χ1n) is 4.67. The summed E-state index contributed by atoms with van der Waals surface area (Å²) in [5.74, 6) is 4.42. The van der Waals surface area contributed by atoms with Crippen LogP contribution in [0.3, 0.4) is 0 Å². The standard InChI is InChI=1S/C12H13NO2/c1-10-6-2-3-7-11(10)13-9-5-4-8-12(14)15/h2-3,6-7,13H,8-9H2,1H3,(H,14,15). The third kappa shape index (κ3) is 4.19. The monoisotopic (exact) mass is 203 g/mol. The van der Waals surface area contributed by atoms with Crippen LogP contribution in [0.2, 0.25) is 0 Å². The van der Waals surface area contributed by atoms with Crippen molar-refractivity contribution in [2.45, 2.75) is 13.3 Å². The van der Waals surface area contributed by atoms with Crippen molar-refractivity contribution in [3.63, 3.8) is 0 Å². The Hall–Kier alpha value is -1.95. The number of aryl methyl sites for hydroxylation is 1. The lowest BCUT2D eigenvalue weighted by Gasteiger charge is -2.04. The molecule has 15 heavy (non-hydrogen) atoms. The molecular weight excluding hydrogens is 190 g/mol. The van der Waals surface area contributed by atoms with E-state index in [1.165, 1.54) is 0 Å². The highest BCUT2D eigenvalue weighted by molar-refractivity contribution is 5.69. The van der Waals surface area contributed by atoms with Gasteiger partial charge in [-0.15, -0.1) is 0 Å². The summed E-state index contributed by atoms with van der Waals surface area (Å²) in [4.78, 5) is 10.2. The number of hydrogen-bond acceptors (Lipinski definition) is 2. The van der Waals surface area contributed by atoms with Crippen molar-refractivity contribution in [3.8, 4) is 11.8 Å². The Morgan fingerprint density at radius 2 is 2.13 bits per heavy atom. The summed E-state index contributed by atoms with van der Waals surface area (Å²) in [7, 11) is 0. The van der Waals surface area contributed by atoms with E-state index in [0.717, 1.165) is 11.3 Å². The zero-order valence-corrected chi connectivity index (χ0v) is 8.58. The summed E-state index contributed by atoms with van der Waals surface area (Å²) in [5, 5.41) is 11.5. The highest BCUT2D eigenvalue weighted by Crippen LogP contribution is 2.11. The van der Waals surface area contributed by atoms with Crippen LogP contribution in [0.1, 0.15) is 12.0 Å². The Kier molecular flexibility index (Phi) is 4.24. The van der Waals surface area contributed by atoms with Crippen molar-refractivity contribution in [2.75, 3.05) is 11.9 Å². The number of nitrogens with one attached hydrogen (secondary N) is 1. The Balaban J connectivity index is 2.40. The van der Waals surface area contributed by atoms with Gasteiger partial charge in [-0.25, -0.2) is 0 Å². The van der Waals surface area contributed by atoms with E-state index in [1.54, 1.807) is 0 Å². The van der Waals surface area contributed by atoms with Gasteiger partial charge in [-0.05, 0) is 18.6 Å². The fraction of sp³-hybridized carbons (Fsp3) is 0.250. The molecule has 0 aromatic heterocycles. The second-order valence-electron chi connectivity index (χ2n) is 3.09. The first-order valence-corrected chi connectivity index (χ1v) is 4.67. The molecule has 0 aliphatic rings. The van der Waals surface area contributed by atoms with Gasteiger partial charge >= 0.3 is 5.97 Å². The topological polar surface area (TPSA) is 49.3 Å². The van der Waals surface area contributed by atoms with E-state index in [9.17, 15) is 4.79 Å². The van der Waals surface area contributed by atoms with Crippen molar-refractivity contribution in [2.24, 2.45) is 0 Å². The average molecular weight is 203 g/mol. The Labute approximate surface area is 89.1 Å². The lowest BCUT2D eigenvalue weighted by atomic mass is 10.2. The van der Waals surface area contributed by atoms with Crippen molar-refractivity contribution in [3.05, 3.63) is 29.8 Å². The van der Waals surface area contributed by atoms with E-state index in [0.29, 0.717) is 6.54 Å². The van der Waals surface area contributed by atoms with E-state index in [1.807, 2.05) is 31.2 Å². The molecule has 3 nitrogen and oxygen atoms in total. The first-order chi connectivity index (χ1) is 7.20. The minimum atomic E-state index is -0.890. The van der Waals surface area contributed by atoms with Crippen molar-refractivity contribution >= 4 is 11.7 Å². The van der Waals surface area contributed by atoms with Crippen LogP contribution in [0.15, 0.2) is 24.3 Å². The summed E-state index contributed by atoms with van der Waals surface area (Å²) in [6.45, 7) is 2.48. The van der Waals surface area contributed by atoms with Crippen molar-refractivity contribution in [1.82, 2.24) is 0 Å². The molecule has 1 aromatic rings. The molecule has 0 heterocycles. The first kappa shape index (κ1) is 11.1. The van der Waals surface area contributed by atoms with Crippen LogP contribution in [0, 0.1) is 18.8 Å². The van der Waals surface area contributed by atoms with Gasteiger partial charge in [0.1, 0.15) is 6.42 Å². The third-order valence-electron chi connectivity index (χ3n) is 1.88. The molecule has 3 heteroatoms. The summed E-state index contributed by atoms with van der Waals surface area (Å²) < 4.78 is 0. The molecule has 0 spiro atoms. The summed E-state index contributed by atoms with van der Waals surface area (Å²) in [6.07, 6.45) is -0.102. The molecule has 0 bridgehead atoms. The lowest BCUT2D eigenvalue weighted by Crippen LogP contribution is -2.00. The van der Waals surface area contributed by atoms with Crippen LogP contribution in [0.25, 0.3) is 0 Å².